The predicted octanol–water partition coefficient (Wildman–Crippen LogP) is 4.38. The molecule has 0 saturated carbocycles. The number of rotatable bonds is 5. The summed E-state index contributed by atoms with van der Waals surface area (Å²) in [5, 5.41) is 0.335. The molecule has 0 aromatic heterocycles. The van der Waals surface area contributed by atoms with Gasteiger partial charge in [-0.25, -0.2) is 8.78 Å². The van der Waals surface area contributed by atoms with Crippen LogP contribution in [-0.4, -0.2) is 34.3 Å². The lowest BCUT2D eigenvalue weighted by Gasteiger charge is -2.31. The van der Waals surface area contributed by atoms with Crippen LogP contribution in [0.25, 0.3) is 5.70 Å². The first-order valence-corrected chi connectivity index (χ1v) is 8.82. The molecule has 0 aliphatic carbocycles. The number of hydrogen-bond donors (Lipinski definition) is 0. The second kappa shape index (κ2) is 8.67. The van der Waals surface area contributed by atoms with E-state index in [4.69, 9.17) is 16.3 Å². The lowest BCUT2D eigenvalue weighted by atomic mass is 10.0. The summed E-state index contributed by atoms with van der Waals surface area (Å²) in [6, 6.07) is 4.94. The van der Waals surface area contributed by atoms with Crippen molar-refractivity contribution in [1.29, 1.82) is 0 Å². The summed E-state index contributed by atoms with van der Waals surface area (Å²) in [4.78, 5) is 13.4. The fourth-order valence-electron chi connectivity index (χ4n) is 2.28. The standard InChI is InChI=1S/C17H15ClF2INO2/c1-2-3-8-24-11-4-5-12(13(18)9-11)15-7-6-14(21)17(23)22(15)10-16(19)20/h4-5,7,9,14,16H,6,8,10H2,1H3. The summed E-state index contributed by atoms with van der Waals surface area (Å²) in [6.07, 6.45) is -0.367. The zero-order valence-electron chi connectivity index (χ0n) is 12.9. The molecule has 1 aromatic rings. The Bertz CT molecular complexity index is 712. The predicted molar refractivity (Wildman–Crippen MR) is 98.5 cm³/mol. The molecule has 3 nitrogen and oxygen atoms in total. The number of halogens is 4. The van der Waals surface area contributed by atoms with Gasteiger partial charge in [0, 0.05) is 11.3 Å². The van der Waals surface area contributed by atoms with Crippen LogP contribution in [0.4, 0.5) is 8.78 Å². The smallest absolute Gasteiger partial charge is 0.256 e. The molecular weight excluding hydrogens is 451 g/mol. The third-order valence-corrected chi connectivity index (χ3v) is 4.72. The Hall–Kier alpha value is -1.33. The molecule has 128 valence electrons. The number of hydrogen-bond acceptors (Lipinski definition) is 2. The molecule has 1 atom stereocenters. The van der Waals surface area contributed by atoms with Crippen LogP contribution in [0.3, 0.4) is 0 Å². The highest BCUT2D eigenvalue weighted by Crippen LogP contribution is 2.34. The van der Waals surface area contributed by atoms with E-state index in [1.54, 1.807) is 31.2 Å². The highest BCUT2D eigenvalue weighted by Gasteiger charge is 2.31. The Labute approximate surface area is 158 Å². The third-order valence-electron chi connectivity index (χ3n) is 3.37. The minimum atomic E-state index is -2.62. The van der Waals surface area contributed by atoms with Gasteiger partial charge in [0.2, 0.25) is 5.91 Å². The number of amides is 1. The van der Waals surface area contributed by atoms with Crippen LogP contribution >= 0.6 is 34.2 Å². The Kier molecular flexibility index (Phi) is 6.87. The van der Waals surface area contributed by atoms with Crippen molar-refractivity contribution in [2.45, 2.75) is 23.7 Å². The summed E-state index contributed by atoms with van der Waals surface area (Å²) < 4.78 is 30.8. The molecule has 0 saturated heterocycles. The second-order valence-corrected chi connectivity index (χ2v) is 6.90. The molecule has 1 amide bonds. The molecule has 1 aromatic carbocycles. The van der Waals surface area contributed by atoms with E-state index in [1.165, 1.54) is 0 Å². The van der Waals surface area contributed by atoms with E-state index in [-0.39, 0.29) is 16.4 Å². The highest BCUT2D eigenvalue weighted by molar-refractivity contribution is 14.1. The molecule has 1 aliphatic rings. The second-order valence-electron chi connectivity index (χ2n) is 4.99. The fourth-order valence-corrected chi connectivity index (χ4v) is 3.14. The Morgan fingerprint density at radius 3 is 2.88 bits per heavy atom. The van der Waals surface area contributed by atoms with Crippen molar-refractivity contribution in [2.75, 3.05) is 13.2 Å². The van der Waals surface area contributed by atoms with Crippen LogP contribution in [0.2, 0.25) is 5.02 Å². The molecule has 2 rings (SSSR count). The molecular formula is C17H15ClF2INO2. The topological polar surface area (TPSA) is 29.5 Å². The van der Waals surface area contributed by atoms with Gasteiger partial charge in [-0.2, -0.15) is 0 Å². The number of alkyl halides is 3. The monoisotopic (exact) mass is 465 g/mol. The van der Waals surface area contributed by atoms with E-state index in [1.807, 2.05) is 22.6 Å². The number of benzene rings is 1. The average molecular weight is 466 g/mol. The van der Waals surface area contributed by atoms with E-state index in [2.05, 4.69) is 11.8 Å². The average Bonchev–Trinajstić information content (AvgIpc) is 2.53. The SMILES string of the molecule is CC#CCOc1ccc(C2=CCC(I)C(=O)N2CC(F)F)c(Cl)c1. The first kappa shape index (κ1) is 19.0. The maximum absolute atomic E-state index is 12.9. The van der Waals surface area contributed by atoms with Crippen LogP contribution in [0.5, 0.6) is 5.75 Å². The van der Waals surface area contributed by atoms with E-state index >= 15 is 0 Å². The van der Waals surface area contributed by atoms with Crippen LogP contribution in [0, 0.1) is 11.8 Å². The summed E-state index contributed by atoms with van der Waals surface area (Å²) in [7, 11) is 0. The molecule has 0 bridgehead atoms. The molecule has 0 radical (unpaired) electrons. The van der Waals surface area contributed by atoms with Gasteiger partial charge in [-0.15, -0.1) is 5.92 Å². The van der Waals surface area contributed by atoms with Crippen LogP contribution in [0.1, 0.15) is 18.9 Å². The number of allylic oxidation sites excluding steroid dienone is 1. The van der Waals surface area contributed by atoms with Crippen molar-refractivity contribution >= 4 is 45.8 Å². The van der Waals surface area contributed by atoms with Crippen molar-refractivity contribution in [3.63, 3.8) is 0 Å². The van der Waals surface area contributed by atoms with Crippen molar-refractivity contribution in [3.05, 3.63) is 34.9 Å². The van der Waals surface area contributed by atoms with Gasteiger partial charge in [0.15, 0.2) is 0 Å². The van der Waals surface area contributed by atoms with Gasteiger partial charge in [0.1, 0.15) is 12.4 Å². The largest absolute Gasteiger partial charge is 0.481 e. The van der Waals surface area contributed by atoms with E-state index in [0.717, 1.165) is 4.90 Å². The zero-order valence-corrected chi connectivity index (χ0v) is 15.8. The van der Waals surface area contributed by atoms with Gasteiger partial charge in [-0.1, -0.05) is 46.2 Å². The van der Waals surface area contributed by atoms with Crippen molar-refractivity contribution in [2.24, 2.45) is 0 Å². The maximum Gasteiger partial charge on any atom is 0.256 e. The van der Waals surface area contributed by atoms with Gasteiger partial charge in [0.05, 0.1) is 15.5 Å². The Morgan fingerprint density at radius 1 is 1.50 bits per heavy atom. The third kappa shape index (κ3) is 4.61. The lowest BCUT2D eigenvalue weighted by Crippen LogP contribution is -2.40. The molecule has 0 N–H and O–H groups in total. The number of nitrogens with zero attached hydrogens (tertiary/aromatic N) is 1. The fraction of sp³-hybridized carbons (Fsp3) is 0.353. The zero-order chi connectivity index (χ0) is 17.7. The van der Waals surface area contributed by atoms with Crippen molar-refractivity contribution < 1.29 is 18.3 Å². The lowest BCUT2D eigenvalue weighted by molar-refractivity contribution is -0.128. The van der Waals surface area contributed by atoms with Gasteiger partial charge in [-0.05, 0) is 31.5 Å². The minimum absolute atomic E-state index is 0.237. The molecule has 0 spiro atoms. The number of carbonyl (C=O) groups excluding carboxylic acids is 1. The van der Waals surface area contributed by atoms with Crippen LogP contribution in [0.15, 0.2) is 24.3 Å². The first-order chi connectivity index (χ1) is 11.4. The van der Waals surface area contributed by atoms with Gasteiger partial charge < -0.3 is 9.64 Å². The summed E-state index contributed by atoms with van der Waals surface area (Å²) in [5.41, 5.74) is 0.945. The van der Waals surface area contributed by atoms with Gasteiger partial charge >= 0.3 is 0 Å². The van der Waals surface area contributed by atoms with Crippen molar-refractivity contribution in [1.82, 2.24) is 4.90 Å². The number of carbonyl (C=O) groups is 1. The Morgan fingerprint density at radius 2 is 2.25 bits per heavy atom. The molecule has 24 heavy (non-hydrogen) atoms. The van der Waals surface area contributed by atoms with Crippen molar-refractivity contribution in [3.8, 4) is 17.6 Å². The van der Waals surface area contributed by atoms with Crippen LogP contribution in [-0.2, 0) is 4.79 Å². The van der Waals surface area contributed by atoms with E-state index in [0.29, 0.717) is 28.5 Å². The normalized spacial score (nSPS) is 17.4. The first-order valence-electron chi connectivity index (χ1n) is 7.20. The molecule has 7 heteroatoms. The van der Waals surface area contributed by atoms with Crippen LogP contribution < -0.4 is 4.74 Å². The number of ether oxygens (including phenoxy) is 1. The maximum atomic E-state index is 12.9. The summed E-state index contributed by atoms with van der Waals surface area (Å²) in [5.74, 6) is 5.68. The molecule has 0 fully saturated rings. The highest BCUT2D eigenvalue weighted by atomic mass is 127. The molecule has 1 aliphatic heterocycles. The summed E-state index contributed by atoms with van der Waals surface area (Å²) in [6.45, 7) is 1.30. The minimum Gasteiger partial charge on any atom is -0.481 e. The molecule has 1 unspecified atom stereocenters. The summed E-state index contributed by atoms with van der Waals surface area (Å²) >= 11 is 8.24. The quantitative estimate of drug-likeness (QED) is 0.367. The van der Waals surface area contributed by atoms with E-state index < -0.39 is 13.0 Å². The van der Waals surface area contributed by atoms with Gasteiger partial charge in [-0.3, -0.25) is 4.79 Å². The van der Waals surface area contributed by atoms with Gasteiger partial charge in [0.25, 0.3) is 6.43 Å². The Balaban J connectivity index is 2.30. The molecule has 1 heterocycles. The van der Waals surface area contributed by atoms with E-state index in [9.17, 15) is 13.6 Å².